The summed E-state index contributed by atoms with van der Waals surface area (Å²) in [7, 11) is 0. The molecule has 128 valence electrons. The Morgan fingerprint density at radius 1 is 1.33 bits per heavy atom. The molecule has 3 rings (SSSR count). The monoisotopic (exact) mass is 332 g/mol. The molecule has 1 aromatic heterocycles. The van der Waals surface area contributed by atoms with Crippen molar-refractivity contribution in [1.82, 2.24) is 9.78 Å². The van der Waals surface area contributed by atoms with Gasteiger partial charge in [-0.1, -0.05) is 0 Å². The van der Waals surface area contributed by atoms with Gasteiger partial charge in [-0.25, -0.2) is 13.9 Å². The van der Waals surface area contributed by atoms with Crippen molar-refractivity contribution in [3.8, 4) is 5.69 Å². The Hall–Kier alpha value is -2.21. The Kier molecular flexibility index (Phi) is 4.94. The van der Waals surface area contributed by atoms with Crippen LogP contribution in [0.5, 0.6) is 0 Å². The number of carbonyl (C=O) groups excluding carboxylic acids is 1. The van der Waals surface area contributed by atoms with E-state index in [2.05, 4.69) is 5.10 Å². The van der Waals surface area contributed by atoms with Crippen LogP contribution in [0, 0.1) is 5.82 Å². The maximum Gasteiger partial charge on any atom is 0.335 e. The summed E-state index contributed by atoms with van der Waals surface area (Å²) in [6.45, 7) is 4.10. The molecule has 1 aliphatic carbocycles. The summed E-state index contributed by atoms with van der Waals surface area (Å²) in [5.41, 5.74) is 3.83. The van der Waals surface area contributed by atoms with Gasteiger partial charge in [0.1, 0.15) is 18.1 Å². The molecular weight excluding hydrogens is 311 g/mol. The highest BCUT2D eigenvalue weighted by Crippen LogP contribution is 2.28. The van der Waals surface area contributed by atoms with Crippen LogP contribution in [-0.2, 0) is 33.7 Å². The third-order valence-electron chi connectivity index (χ3n) is 4.18. The number of fused-ring (bicyclic) bond motifs is 1. The lowest BCUT2D eigenvalue weighted by atomic mass is 10.2. The zero-order valence-electron chi connectivity index (χ0n) is 13.9. The number of rotatable bonds is 6. The molecule has 1 aromatic carbocycles. The predicted octanol–water partition coefficient (Wildman–Crippen LogP) is 2.97. The number of ether oxygens (including phenoxy) is 2. The van der Waals surface area contributed by atoms with Gasteiger partial charge >= 0.3 is 5.97 Å². The lowest BCUT2D eigenvalue weighted by molar-refractivity contribution is -0.157. The number of carbonyl (C=O) groups is 1. The first-order valence-corrected chi connectivity index (χ1v) is 8.24. The molecule has 0 bridgehead atoms. The van der Waals surface area contributed by atoms with Gasteiger partial charge in [-0.3, -0.25) is 0 Å². The van der Waals surface area contributed by atoms with Crippen LogP contribution in [-0.4, -0.2) is 28.5 Å². The fourth-order valence-electron chi connectivity index (χ4n) is 3.00. The van der Waals surface area contributed by atoms with E-state index in [0.29, 0.717) is 6.61 Å². The number of nitrogens with zero attached hydrogens (tertiary/aromatic N) is 2. The summed E-state index contributed by atoms with van der Waals surface area (Å²) in [5.74, 6) is -0.665. The molecule has 5 nitrogen and oxygen atoms in total. The molecule has 0 saturated carbocycles. The van der Waals surface area contributed by atoms with Crippen LogP contribution in [0.2, 0.25) is 0 Å². The van der Waals surface area contributed by atoms with E-state index in [1.54, 1.807) is 19.1 Å². The number of hydrogen-bond donors (Lipinski definition) is 0. The number of esters is 1. The molecule has 0 saturated heterocycles. The summed E-state index contributed by atoms with van der Waals surface area (Å²) in [6.07, 6.45) is 2.31. The third kappa shape index (κ3) is 3.33. The van der Waals surface area contributed by atoms with E-state index in [9.17, 15) is 9.18 Å². The van der Waals surface area contributed by atoms with Crippen LogP contribution in [0.4, 0.5) is 4.39 Å². The van der Waals surface area contributed by atoms with Crippen LogP contribution in [0.1, 0.15) is 37.2 Å². The molecule has 1 heterocycles. The van der Waals surface area contributed by atoms with Crippen molar-refractivity contribution in [3.63, 3.8) is 0 Å². The second kappa shape index (κ2) is 7.13. The number of halogens is 1. The molecule has 1 atom stereocenters. The maximum atomic E-state index is 13.1. The molecule has 1 aliphatic rings. The summed E-state index contributed by atoms with van der Waals surface area (Å²) in [5, 5.41) is 4.59. The average Bonchev–Trinajstić information content (AvgIpc) is 3.16. The normalized spacial score (nSPS) is 14.5. The highest BCUT2D eigenvalue weighted by atomic mass is 19.1. The van der Waals surface area contributed by atoms with E-state index in [1.807, 2.05) is 11.6 Å². The van der Waals surface area contributed by atoms with Gasteiger partial charge in [0.25, 0.3) is 0 Å². The molecule has 0 radical (unpaired) electrons. The maximum absolute atomic E-state index is 13.1. The fraction of sp³-hybridized carbons (Fsp3) is 0.444. The van der Waals surface area contributed by atoms with Gasteiger partial charge in [-0.15, -0.1) is 0 Å². The second-order valence-corrected chi connectivity index (χ2v) is 5.82. The molecule has 0 aliphatic heterocycles. The Balaban J connectivity index is 1.79. The van der Waals surface area contributed by atoms with Crippen molar-refractivity contribution in [3.05, 3.63) is 47.0 Å². The van der Waals surface area contributed by atoms with E-state index >= 15 is 0 Å². The molecule has 24 heavy (non-hydrogen) atoms. The smallest absolute Gasteiger partial charge is 0.335 e. The number of benzene rings is 1. The van der Waals surface area contributed by atoms with Crippen molar-refractivity contribution in [2.45, 2.75) is 45.8 Å². The molecule has 0 spiro atoms. The third-order valence-corrected chi connectivity index (χ3v) is 4.18. The Bertz CT molecular complexity index is 725. The Morgan fingerprint density at radius 3 is 2.79 bits per heavy atom. The summed E-state index contributed by atoms with van der Waals surface area (Å²) < 4.78 is 25.5. The van der Waals surface area contributed by atoms with Gasteiger partial charge in [0.15, 0.2) is 6.10 Å². The average molecular weight is 332 g/mol. The quantitative estimate of drug-likeness (QED) is 0.763. The van der Waals surface area contributed by atoms with Crippen molar-refractivity contribution in [1.29, 1.82) is 0 Å². The minimum atomic E-state index is -0.581. The fourth-order valence-corrected chi connectivity index (χ4v) is 3.00. The van der Waals surface area contributed by atoms with Gasteiger partial charge in [-0.2, -0.15) is 5.10 Å². The van der Waals surface area contributed by atoms with Crippen molar-refractivity contribution < 1.29 is 18.7 Å². The standard InChI is InChI=1S/C18H21FN2O3/c1-3-23-12(2)18(22)24-11-16-15-5-4-6-17(15)21(20-16)14-9-7-13(19)8-10-14/h7-10,12H,3-6,11H2,1-2H3. The van der Waals surface area contributed by atoms with Gasteiger partial charge in [0.05, 0.1) is 5.69 Å². The molecule has 0 amide bonds. The molecule has 0 fully saturated rings. The first-order chi connectivity index (χ1) is 11.6. The SMILES string of the molecule is CCOC(C)C(=O)OCc1nn(-c2ccc(F)cc2)c2c1CCC2. The number of aromatic nitrogens is 2. The lowest BCUT2D eigenvalue weighted by Gasteiger charge is -2.10. The zero-order chi connectivity index (χ0) is 17.1. The van der Waals surface area contributed by atoms with Crippen molar-refractivity contribution >= 4 is 5.97 Å². The van der Waals surface area contributed by atoms with Gasteiger partial charge in [0.2, 0.25) is 0 Å². The minimum absolute atomic E-state index is 0.132. The number of hydrogen-bond acceptors (Lipinski definition) is 4. The van der Waals surface area contributed by atoms with E-state index in [-0.39, 0.29) is 18.4 Å². The van der Waals surface area contributed by atoms with E-state index in [1.165, 1.54) is 12.1 Å². The molecule has 1 unspecified atom stereocenters. The molecular formula is C18H21FN2O3. The minimum Gasteiger partial charge on any atom is -0.457 e. The lowest BCUT2D eigenvalue weighted by Crippen LogP contribution is -2.23. The van der Waals surface area contributed by atoms with Crippen molar-refractivity contribution in [2.75, 3.05) is 6.61 Å². The largest absolute Gasteiger partial charge is 0.457 e. The topological polar surface area (TPSA) is 53.4 Å². The Labute approximate surface area is 140 Å². The second-order valence-electron chi connectivity index (χ2n) is 5.82. The van der Waals surface area contributed by atoms with Crippen LogP contribution >= 0.6 is 0 Å². The summed E-state index contributed by atoms with van der Waals surface area (Å²) in [6, 6.07) is 6.24. The highest BCUT2D eigenvalue weighted by Gasteiger charge is 2.24. The highest BCUT2D eigenvalue weighted by molar-refractivity contribution is 5.74. The van der Waals surface area contributed by atoms with Crippen LogP contribution in [0.15, 0.2) is 24.3 Å². The summed E-state index contributed by atoms with van der Waals surface area (Å²) >= 11 is 0. The van der Waals surface area contributed by atoms with Crippen LogP contribution < -0.4 is 0 Å². The first-order valence-electron chi connectivity index (χ1n) is 8.24. The summed E-state index contributed by atoms with van der Waals surface area (Å²) in [4.78, 5) is 11.9. The molecule has 0 N–H and O–H groups in total. The first kappa shape index (κ1) is 16.6. The van der Waals surface area contributed by atoms with Crippen LogP contribution in [0.25, 0.3) is 5.69 Å². The van der Waals surface area contributed by atoms with E-state index in [0.717, 1.165) is 41.9 Å². The van der Waals surface area contributed by atoms with Gasteiger partial charge < -0.3 is 9.47 Å². The Morgan fingerprint density at radius 2 is 2.08 bits per heavy atom. The van der Waals surface area contributed by atoms with E-state index in [4.69, 9.17) is 9.47 Å². The zero-order valence-corrected chi connectivity index (χ0v) is 13.9. The van der Waals surface area contributed by atoms with Gasteiger partial charge in [-0.05, 0) is 57.4 Å². The van der Waals surface area contributed by atoms with E-state index < -0.39 is 6.10 Å². The predicted molar refractivity (Wildman–Crippen MR) is 86.4 cm³/mol. The molecule has 6 heteroatoms. The van der Waals surface area contributed by atoms with Crippen molar-refractivity contribution in [2.24, 2.45) is 0 Å². The van der Waals surface area contributed by atoms with Crippen LogP contribution in [0.3, 0.4) is 0 Å². The molecule has 2 aromatic rings. The van der Waals surface area contributed by atoms with Gasteiger partial charge in [0, 0.05) is 17.9 Å².